The number of nitrogens with one attached hydrogen (secondary N) is 1. The van der Waals surface area contributed by atoms with Crippen LogP contribution in [0.25, 0.3) is 0 Å². The fourth-order valence-electron chi connectivity index (χ4n) is 1.66. The number of hydrogen-bond donors (Lipinski definition) is 2. The minimum absolute atomic E-state index is 0.540. The van der Waals surface area contributed by atoms with Crippen molar-refractivity contribution in [2.45, 2.75) is 43.5 Å². The molecule has 1 rings (SSSR count). The van der Waals surface area contributed by atoms with Crippen LogP contribution >= 0.6 is 11.8 Å². The van der Waals surface area contributed by atoms with Gasteiger partial charge in [0.2, 0.25) is 0 Å². The molecule has 1 aromatic rings. The molecule has 0 aliphatic rings. The molecule has 0 heterocycles. The molecular formula is C15H23NO2S. The average Bonchev–Trinajstić information content (AvgIpc) is 2.38. The monoisotopic (exact) mass is 281 g/mol. The van der Waals surface area contributed by atoms with E-state index in [4.69, 9.17) is 5.11 Å². The van der Waals surface area contributed by atoms with Gasteiger partial charge in [-0.3, -0.25) is 4.79 Å². The average molecular weight is 281 g/mol. The second-order valence-electron chi connectivity index (χ2n) is 5.21. The molecule has 4 heteroatoms. The molecule has 0 amide bonds. The summed E-state index contributed by atoms with van der Waals surface area (Å²) in [6.45, 7) is 6.07. The SMILES string of the molecule is CNC(C)(CCSc1ccc(C(C)C)cc1)C(=O)O. The van der Waals surface area contributed by atoms with Crippen LogP contribution in [-0.2, 0) is 4.79 Å². The van der Waals surface area contributed by atoms with Gasteiger partial charge in [-0.05, 0) is 44.0 Å². The zero-order chi connectivity index (χ0) is 14.5. The number of carbonyl (C=O) groups is 1. The highest BCUT2D eigenvalue weighted by molar-refractivity contribution is 7.99. The lowest BCUT2D eigenvalue weighted by molar-refractivity contribution is -0.144. The summed E-state index contributed by atoms with van der Waals surface area (Å²) < 4.78 is 0. The molecule has 0 radical (unpaired) electrons. The number of rotatable bonds is 7. The molecule has 1 aromatic carbocycles. The lowest BCUT2D eigenvalue weighted by atomic mass is 10.00. The van der Waals surface area contributed by atoms with Crippen molar-refractivity contribution in [2.24, 2.45) is 0 Å². The molecule has 19 heavy (non-hydrogen) atoms. The van der Waals surface area contributed by atoms with Crippen LogP contribution in [0.3, 0.4) is 0 Å². The third-order valence-electron chi connectivity index (χ3n) is 3.44. The highest BCUT2D eigenvalue weighted by Gasteiger charge is 2.30. The maximum atomic E-state index is 11.1. The van der Waals surface area contributed by atoms with Gasteiger partial charge in [-0.2, -0.15) is 0 Å². The van der Waals surface area contributed by atoms with Gasteiger partial charge in [0.05, 0.1) is 0 Å². The number of thioether (sulfide) groups is 1. The van der Waals surface area contributed by atoms with Crippen molar-refractivity contribution >= 4 is 17.7 Å². The van der Waals surface area contributed by atoms with E-state index < -0.39 is 11.5 Å². The molecule has 0 saturated carbocycles. The van der Waals surface area contributed by atoms with Crippen molar-refractivity contribution < 1.29 is 9.90 Å². The van der Waals surface area contributed by atoms with E-state index in [1.165, 1.54) is 10.5 Å². The van der Waals surface area contributed by atoms with E-state index in [9.17, 15) is 4.79 Å². The molecule has 106 valence electrons. The Morgan fingerprint density at radius 3 is 2.37 bits per heavy atom. The largest absolute Gasteiger partial charge is 0.480 e. The summed E-state index contributed by atoms with van der Waals surface area (Å²) in [4.78, 5) is 12.3. The first-order chi connectivity index (χ1) is 8.89. The van der Waals surface area contributed by atoms with E-state index in [-0.39, 0.29) is 0 Å². The Kier molecular flexibility index (Phi) is 5.88. The van der Waals surface area contributed by atoms with Crippen molar-refractivity contribution in [2.75, 3.05) is 12.8 Å². The Morgan fingerprint density at radius 2 is 1.95 bits per heavy atom. The summed E-state index contributed by atoms with van der Waals surface area (Å²) in [5.74, 6) is 0.523. The first-order valence-electron chi connectivity index (χ1n) is 6.54. The van der Waals surface area contributed by atoms with Gasteiger partial charge >= 0.3 is 5.97 Å². The zero-order valence-corrected chi connectivity index (χ0v) is 12.9. The van der Waals surface area contributed by atoms with Crippen molar-refractivity contribution in [1.29, 1.82) is 0 Å². The Balaban J connectivity index is 2.51. The molecule has 0 bridgehead atoms. The van der Waals surface area contributed by atoms with Crippen LogP contribution < -0.4 is 5.32 Å². The van der Waals surface area contributed by atoms with Gasteiger partial charge in [-0.25, -0.2) is 0 Å². The summed E-state index contributed by atoms with van der Waals surface area (Å²) in [7, 11) is 1.69. The molecule has 0 fully saturated rings. The number of benzene rings is 1. The van der Waals surface area contributed by atoms with Gasteiger partial charge < -0.3 is 10.4 Å². The van der Waals surface area contributed by atoms with Gasteiger partial charge in [0.15, 0.2) is 0 Å². The van der Waals surface area contributed by atoms with Gasteiger partial charge in [0.25, 0.3) is 0 Å². The molecule has 3 nitrogen and oxygen atoms in total. The maximum Gasteiger partial charge on any atom is 0.323 e. The number of carboxylic acid groups (broad SMARTS) is 1. The van der Waals surface area contributed by atoms with Crippen LogP contribution in [0, 0.1) is 0 Å². The number of aliphatic carboxylic acids is 1. The van der Waals surface area contributed by atoms with Gasteiger partial charge in [0.1, 0.15) is 5.54 Å². The third kappa shape index (κ3) is 4.55. The zero-order valence-electron chi connectivity index (χ0n) is 12.1. The summed E-state index contributed by atoms with van der Waals surface area (Å²) >= 11 is 1.70. The first-order valence-corrected chi connectivity index (χ1v) is 7.52. The van der Waals surface area contributed by atoms with Crippen LogP contribution in [0.4, 0.5) is 0 Å². The standard InChI is InChI=1S/C15H23NO2S/c1-11(2)12-5-7-13(8-6-12)19-10-9-15(3,16-4)14(17)18/h5-8,11,16H,9-10H2,1-4H3,(H,17,18). The smallest absolute Gasteiger partial charge is 0.323 e. The van der Waals surface area contributed by atoms with Crippen molar-refractivity contribution in [3.05, 3.63) is 29.8 Å². The summed E-state index contributed by atoms with van der Waals surface area (Å²) in [5.41, 5.74) is 0.486. The topological polar surface area (TPSA) is 49.3 Å². The quantitative estimate of drug-likeness (QED) is 0.752. The van der Waals surface area contributed by atoms with Gasteiger partial charge in [0, 0.05) is 10.6 Å². The highest BCUT2D eigenvalue weighted by atomic mass is 32.2. The molecule has 0 aliphatic heterocycles. The second-order valence-corrected chi connectivity index (χ2v) is 6.38. The first kappa shape index (κ1) is 16.1. The second kappa shape index (κ2) is 6.96. The Bertz CT molecular complexity index is 417. The van der Waals surface area contributed by atoms with E-state index in [1.807, 2.05) is 0 Å². The predicted octanol–water partition coefficient (Wildman–Crippen LogP) is 3.35. The highest BCUT2D eigenvalue weighted by Crippen LogP contribution is 2.24. The minimum atomic E-state index is -0.842. The molecule has 1 atom stereocenters. The van der Waals surface area contributed by atoms with Crippen LogP contribution in [0.15, 0.2) is 29.2 Å². The van der Waals surface area contributed by atoms with E-state index in [0.29, 0.717) is 12.3 Å². The van der Waals surface area contributed by atoms with Crippen LogP contribution in [0.1, 0.15) is 38.7 Å². The minimum Gasteiger partial charge on any atom is -0.480 e. The van der Waals surface area contributed by atoms with Crippen LogP contribution in [0.5, 0.6) is 0 Å². The Labute approximate surface area is 119 Å². The van der Waals surface area contributed by atoms with Crippen molar-refractivity contribution in [3.8, 4) is 0 Å². The molecule has 0 spiro atoms. The predicted molar refractivity (Wildman–Crippen MR) is 81.0 cm³/mol. The fourth-order valence-corrected chi connectivity index (χ4v) is 2.74. The maximum absolute atomic E-state index is 11.1. The molecule has 0 saturated heterocycles. The number of carboxylic acids is 1. The Hall–Kier alpha value is -1.00. The van der Waals surface area contributed by atoms with E-state index >= 15 is 0 Å². The normalized spacial score (nSPS) is 14.4. The molecule has 2 N–H and O–H groups in total. The van der Waals surface area contributed by atoms with Crippen molar-refractivity contribution in [3.63, 3.8) is 0 Å². The number of hydrogen-bond acceptors (Lipinski definition) is 3. The van der Waals surface area contributed by atoms with Gasteiger partial charge in [-0.1, -0.05) is 26.0 Å². The van der Waals surface area contributed by atoms with Gasteiger partial charge in [-0.15, -0.1) is 11.8 Å². The van der Waals surface area contributed by atoms with Crippen LogP contribution in [-0.4, -0.2) is 29.4 Å². The summed E-state index contributed by atoms with van der Waals surface area (Å²) in [6.07, 6.45) is 0.593. The molecule has 1 unspecified atom stereocenters. The number of likely N-dealkylation sites (N-methyl/N-ethyl adjacent to an activating group) is 1. The Morgan fingerprint density at radius 1 is 1.37 bits per heavy atom. The lowest BCUT2D eigenvalue weighted by Gasteiger charge is -2.23. The third-order valence-corrected chi connectivity index (χ3v) is 4.46. The van der Waals surface area contributed by atoms with Crippen molar-refractivity contribution in [1.82, 2.24) is 5.32 Å². The van der Waals surface area contributed by atoms with E-state index in [2.05, 4.69) is 43.4 Å². The van der Waals surface area contributed by atoms with Crippen LogP contribution in [0.2, 0.25) is 0 Å². The lowest BCUT2D eigenvalue weighted by Crippen LogP contribution is -2.47. The van der Waals surface area contributed by atoms with E-state index in [0.717, 1.165) is 5.75 Å². The molecule has 0 aromatic heterocycles. The summed E-state index contributed by atoms with van der Waals surface area (Å²) in [6, 6.07) is 8.50. The fraction of sp³-hybridized carbons (Fsp3) is 0.533. The summed E-state index contributed by atoms with van der Waals surface area (Å²) in [5, 5.41) is 12.0. The van der Waals surface area contributed by atoms with E-state index in [1.54, 1.807) is 25.7 Å². The molecular weight excluding hydrogens is 258 g/mol. The molecule has 0 aliphatic carbocycles.